The first-order chi connectivity index (χ1) is 18.2. The molecule has 3 aromatic rings. The molecule has 2 unspecified atom stereocenters. The largest absolute Gasteiger partial charge is 0.464 e. The molecule has 0 N–H and O–H groups in total. The van der Waals surface area contributed by atoms with Gasteiger partial charge in [-0.15, -0.1) is 0 Å². The van der Waals surface area contributed by atoms with Gasteiger partial charge in [0.1, 0.15) is 5.65 Å². The second-order valence-electron chi connectivity index (χ2n) is 10.8. The molecule has 2 fully saturated rings. The number of piperidine rings is 1. The summed E-state index contributed by atoms with van der Waals surface area (Å²) in [4.78, 5) is 12.3. The van der Waals surface area contributed by atoms with Crippen molar-refractivity contribution in [3.8, 4) is 29.4 Å². The molecule has 2 aliphatic rings. The summed E-state index contributed by atoms with van der Waals surface area (Å²) < 4.78 is 8.45. The first kappa shape index (κ1) is 25.2. The van der Waals surface area contributed by atoms with Gasteiger partial charge in [0.15, 0.2) is 0 Å². The Kier molecular flexibility index (Phi) is 8.02. The Balaban J connectivity index is 1.48. The van der Waals surface area contributed by atoms with Crippen LogP contribution in [0.1, 0.15) is 75.3 Å². The average Bonchev–Trinajstić information content (AvgIpc) is 3.33. The van der Waals surface area contributed by atoms with Crippen molar-refractivity contribution < 1.29 is 4.74 Å². The number of ether oxygens (including phenoxy) is 1. The Labute approximate surface area is 219 Å². The molecule has 7 heteroatoms. The molecule has 192 valence electrons. The van der Waals surface area contributed by atoms with Crippen LogP contribution in [0.15, 0.2) is 36.7 Å². The summed E-state index contributed by atoms with van der Waals surface area (Å²) in [5, 5.41) is 18.3. The molecule has 0 amide bonds. The number of likely N-dealkylation sites (tertiary alicyclic amines) is 1. The fourth-order valence-corrected chi connectivity index (χ4v) is 6.04. The van der Waals surface area contributed by atoms with Crippen LogP contribution in [0.5, 0.6) is 6.01 Å². The molecular formula is C30H36N6O. The topological polar surface area (TPSA) is 90.2 Å². The van der Waals surface area contributed by atoms with Crippen molar-refractivity contribution >= 4 is 5.65 Å². The second-order valence-corrected chi connectivity index (χ2v) is 10.8. The van der Waals surface area contributed by atoms with E-state index in [1.807, 2.05) is 41.1 Å². The highest BCUT2D eigenvalue weighted by Gasteiger charge is 2.27. The van der Waals surface area contributed by atoms with E-state index in [9.17, 15) is 5.26 Å². The van der Waals surface area contributed by atoms with Gasteiger partial charge in [0, 0.05) is 48.9 Å². The van der Waals surface area contributed by atoms with Gasteiger partial charge in [0.2, 0.25) is 0 Å². The van der Waals surface area contributed by atoms with Crippen LogP contribution < -0.4 is 4.74 Å². The van der Waals surface area contributed by atoms with E-state index in [0.29, 0.717) is 36.4 Å². The standard InChI is InChI=1S/C30H36N6O/c1-22-5-2-7-25(11-8-22)27-28(26-12-9-23(19-32)10-13-26)34-30(36-18-15-33-29(27)36)37-21-24-6-3-16-35(20-24)17-4-14-31/h9-10,12-13,15,18,22,24-25H,2-8,11,16-17,20-21H2,1H3/t22-,24?,25?/m1/s1. The smallest absolute Gasteiger partial charge is 0.302 e. The lowest BCUT2D eigenvalue weighted by Gasteiger charge is -2.32. The zero-order valence-corrected chi connectivity index (χ0v) is 21.8. The minimum absolute atomic E-state index is 0.397. The highest BCUT2D eigenvalue weighted by atomic mass is 16.5. The molecular weight excluding hydrogens is 460 g/mol. The van der Waals surface area contributed by atoms with Crippen LogP contribution in [0, 0.1) is 34.5 Å². The van der Waals surface area contributed by atoms with Gasteiger partial charge in [0.25, 0.3) is 0 Å². The molecule has 1 saturated heterocycles. The fourth-order valence-electron chi connectivity index (χ4n) is 6.04. The number of hydrogen-bond donors (Lipinski definition) is 0. The quantitative estimate of drug-likeness (QED) is 0.375. The molecule has 2 aromatic heterocycles. The summed E-state index contributed by atoms with van der Waals surface area (Å²) in [5.41, 5.74) is 4.71. The van der Waals surface area contributed by atoms with Crippen LogP contribution >= 0.6 is 0 Å². The highest BCUT2D eigenvalue weighted by molar-refractivity contribution is 5.72. The maximum Gasteiger partial charge on any atom is 0.302 e. The fraction of sp³-hybridized carbons (Fsp3) is 0.533. The predicted octanol–water partition coefficient (Wildman–Crippen LogP) is 5.96. The summed E-state index contributed by atoms with van der Waals surface area (Å²) in [6.45, 7) is 5.79. The van der Waals surface area contributed by atoms with Crippen molar-refractivity contribution in [2.24, 2.45) is 11.8 Å². The summed E-state index contributed by atoms with van der Waals surface area (Å²) in [6.07, 6.45) is 12.6. The molecule has 7 nitrogen and oxygen atoms in total. The maximum absolute atomic E-state index is 9.31. The lowest BCUT2D eigenvalue weighted by atomic mass is 9.88. The minimum atomic E-state index is 0.397. The monoisotopic (exact) mass is 496 g/mol. The third-order valence-electron chi connectivity index (χ3n) is 8.09. The third-order valence-corrected chi connectivity index (χ3v) is 8.09. The minimum Gasteiger partial charge on any atom is -0.464 e. The molecule has 0 radical (unpaired) electrons. The van der Waals surface area contributed by atoms with Crippen LogP contribution in [-0.2, 0) is 0 Å². The summed E-state index contributed by atoms with van der Waals surface area (Å²) in [6, 6.07) is 12.8. The maximum atomic E-state index is 9.31. The number of imidazole rings is 1. The van der Waals surface area contributed by atoms with Gasteiger partial charge in [-0.2, -0.15) is 15.5 Å². The highest BCUT2D eigenvalue weighted by Crippen LogP contribution is 2.41. The average molecular weight is 497 g/mol. The van der Waals surface area contributed by atoms with E-state index in [-0.39, 0.29) is 0 Å². The van der Waals surface area contributed by atoms with E-state index in [1.54, 1.807) is 0 Å². The molecule has 1 aromatic carbocycles. The number of hydrogen-bond acceptors (Lipinski definition) is 6. The van der Waals surface area contributed by atoms with Gasteiger partial charge < -0.3 is 9.64 Å². The van der Waals surface area contributed by atoms with E-state index in [4.69, 9.17) is 20.0 Å². The van der Waals surface area contributed by atoms with Gasteiger partial charge in [-0.1, -0.05) is 38.3 Å². The Bertz CT molecular complexity index is 1280. The van der Waals surface area contributed by atoms with E-state index < -0.39 is 0 Å². The molecule has 3 heterocycles. The van der Waals surface area contributed by atoms with Crippen molar-refractivity contribution in [1.82, 2.24) is 19.3 Å². The van der Waals surface area contributed by atoms with Gasteiger partial charge in [-0.25, -0.2) is 4.98 Å². The van der Waals surface area contributed by atoms with Crippen LogP contribution in [0.4, 0.5) is 0 Å². The Hall–Kier alpha value is -3.42. The van der Waals surface area contributed by atoms with Crippen LogP contribution in [0.3, 0.4) is 0 Å². The first-order valence-corrected chi connectivity index (χ1v) is 13.8. The van der Waals surface area contributed by atoms with E-state index in [1.165, 1.54) is 24.8 Å². The predicted molar refractivity (Wildman–Crippen MR) is 143 cm³/mol. The van der Waals surface area contributed by atoms with Crippen molar-refractivity contribution in [1.29, 1.82) is 10.5 Å². The normalized spacial score (nSPS) is 22.7. The summed E-state index contributed by atoms with van der Waals surface area (Å²) in [7, 11) is 0. The molecule has 1 aliphatic carbocycles. The van der Waals surface area contributed by atoms with Crippen LogP contribution in [-0.4, -0.2) is 45.5 Å². The van der Waals surface area contributed by atoms with Crippen molar-refractivity contribution in [2.75, 3.05) is 26.2 Å². The Morgan fingerprint density at radius 3 is 2.73 bits per heavy atom. The van der Waals surface area contributed by atoms with Crippen molar-refractivity contribution in [3.63, 3.8) is 0 Å². The molecule has 5 rings (SSSR count). The van der Waals surface area contributed by atoms with Gasteiger partial charge >= 0.3 is 6.01 Å². The molecule has 0 spiro atoms. The lowest BCUT2D eigenvalue weighted by Crippen LogP contribution is -2.38. The first-order valence-electron chi connectivity index (χ1n) is 13.8. The Morgan fingerprint density at radius 1 is 1.05 bits per heavy atom. The van der Waals surface area contributed by atoms with E-state index >= 15 is 0 Å². The number of nitriles is 2. The molecule has 1 saturated carbocycles. The van der Waals surface area contributed by atoms with Gasteiger partial charge in [-0.3, -0.25) is 4.40 Å². The molecule has 1 aliphatic heterocycles. The number of nitrogens with zero attached hydrogens (tertiary/aromatic N) is 6. The molecule has 0 bridgehead atoms. The summed E-state index contributed by atoms with van der Waals surface area (Å²) >= 11 is 0. The van der Waals surface area contributed by atoms with Gasteiger partial charge in [-0.05, 0) is 56.2 Å². The van der Waals surface area contributed by atoms with E-state index in [0.717, 1.165) is 68.1 Å². The van der Waals surface area contributed by atoms with Crippen molar-refractivity contribution in [2.45, 2.75) is 64.2 Å². The molecule has 3 atom stereocenters. The second kappa shape index (κ2) is 11.8. The number of rotatable bonds is 7. The lowest BCUT2D eigenvalue weighted by molar-refractivity contribution is 0.126. The number of fused-ring (bicyclic) bond motifs is 1. The summed E-state index contributed by atoms with van der Waals surface area (Å²) in [5.74, 6) is 1.56. The zero-order valence-electron chi connectivity index (χ0n) is 21.8. The zero-order chi connectivity index (χ0) is 25.6. The number of aromatic nitrogens is 3. The number of benzene rings is 1. The Morgan fingerprint density at radius 2 is 1.92 bits per heavy atom. The van der Waals surface area contributed by atoms with Crippen molar-refractivity contribution in [3.05, 3.63) is 47.8 Å². The third kappa shape index (κ3) is 5.78. The SMILES string of the molecule is C[C@@H]1CCCC(c2c(-c3ccc(C#N)cc3)nc(OCC3CCCN(CCC#N)C3)n3ccnc23)CC1. The van der Waals surface area contributed by atoms with Crippen LogP contribution in [0.25, 0.3) is 16.9 Å². The molecule has 37 heavy (non-hydrogen) atoms. The van der Waals surface area contributed by atoms with Crippen LogP contribution in [0.2, 0.25) is 0 Å². The van der Waals surface area contributed by atoms with Gasteiger partial charge in [0.05, 0.1) is 30.0 Å². The van der Waals surface area contributed by atoms with E-state index in [2.05, 4.69) is 24.0 Å².